The molecule has 284 valence electrons. The van der Waals surface area contributed by atoms with Gasteiger partial charge in [-0.15, -0.1) is 0 Å². The molecule has 0 amide bonds. The van der Waals surface area contributed by atoms with Crippen molar-refractivity contribution in [1.82, 2.24) is 9.80 Å². The average Bonchev–Trinajstić information content (AvgIpc) is 4.05. The number of aliphatic imine (C=N–C) groups is 2. The Morgan fingerprint density at radius 2 is 1.22 bits per heavy atom. The van der Waals surface area contributed by atoms with E-state index in [-0.39, 0.29) is 23.6 Å². The second-order valence-corrected chi connectivity index (χ2v) is 19.4. The summed E-state index contributed by atoms with van der Waals surface area (Å²) in [6.07, 6.45) is 7.98. The van der Waals surface area contributed by atoms with Crippen LogP contribution in [0.2, 0.25) is 0 Å². The summed E-state index contributed by atoms with van der Waals surface area (Å²) in [6.45, 7) is 3.63. The molecule has 5 heterocycles. The highest BCUT2D eigenvalue weighted by Crippen LogP contribution is 2.70. The number of rotatable bonds is 5. The number of hydrogen-bond acceptors (Lipinski definition) is 12. The maximum Gasteiger partial charge on any atom is 0.165 e. The van der Waals surface area contributed by atoms with Crippen molar-refractivity contribution < 1.29 is 29.9 Å². The summed E-state index contributed by atoms with van der Waals surface area (Å²) in [5, 5.41) is 48.9. The number of nitrogens with two attached hydrogens (primary N) is 2. The van der Waals surface area contributed by atoms with E-state index in [0.29, 0.717) is 86.4 Å². The van der Waals surface area contributed by atoms with Crippen LogP contribution < -0.4 is 20.9 Å². The Balaban J connectivity index is 0.943. The molecule has 8 N–H and O–H groups in total. The number of phenolic OH excluding ortho intramolecular Hbond substituents is 2. The molecule has 12 nitrogen and oxygen atoms in total. The number of amidine groups is 2. The SMILES string of the molecule is NC1=NC([C@]2(N)CC[C@@]3(O)C4Cc5ccc(O)c6c5[C@@]3(CCN4CC3CC3)[C@H]2O6)=N[C@]12CC[C@@]1(O)C3Cc4ccc(O)c5c4[C@@]1(CCN3CC1CC1)[C@H]2O5. The normalized spacial score (nSPS) is 46.1. The molecule has 2 aromatic rings. The van der Waals surface area contributed by atoms with E-state index in [2.05, 4.69) is 9.80 Å². The Morgan fingerprint density at radius 3 is 1.78 bits per heavy atom. The van der Waals surface area contributed by atoms with Crippen molar-refractivity contribution in [2.75, 3.05) is 26.2 Å². The summed E-state index contributed by atoms with van der Waals surface area (Å²) in [4.78, 5) is 15.7. The highest BCUT2D eigenvalue weighted by atomic mass is 16.5. The fourth-order valence-corrected chi connectivity index (χ4v) is 14.3. The largest absolute Gasteiger partial charge is 0.504 e. The van der Waals surface area contributed by atoms with Gasteiger partial charge in [-0.3, -0.25) is 9.80 Å². The molecule has 10 atom stereocenters. The third-order valence-electron chi connectivity index (χ3n) is 17.1. The summed E-state index contributed by atoms with van der Waals surface area (Å²) in [6, 6.07) is 7.32. The van der Waals surface area contributed by atoms with E-state index in [1.807, 2.05) is 12.1 Å². The fourth-order valence-electron chi connectivity index (χ4n) is 14.3. The highest BCUT2D eigenvalue weighted by Gasteiger charge is 2.80. The van der Waals surface area contributed by atoms with Crippen LogP contribution in [0.3, 0.4) is 0 Å². The molecule has 11 aliphatic rings. The minimum Gasteiger partial charge on any atom is -0.504 e. The molecule has 0 radical (unpaired) electrons. The number of phenols is 2. The predicted molar refractivity (Wildman–Crippen MR) is 198 cm³/mol. The first-order chi connectivity index (χ1) is 26.0. The molecular formula is C42H50N6O6. The lowest BCUT2D eigenvalue weighted by Crippen LogP contribution is -2.81. The Hall–Kier alpha value is -3.42. The number of piperidine rings is 2. The van der Waals surface area contributed by atoms with Gasteiger partial charge in [0.05, 0.1) is 22.0 Å². The first-order valence-electron chi connectivity index (χ1n) is 20.7. The fraction of sp³-hybridized carbons (Fsp3) is 0.667. The molecule has 6 aliphatic carbocycles. The number of likely N-dealkylation sites (tertiary alicyclic amines) is 2. The van der Waals surface area contributed by atoms with Crippen molar-refractivity contribution in [2.45, 2.75) is 134 Å². The number of hydrogen-bond donors (Lipinski definition) is 6. The van der Waals surface area contributed by atoms with Gasteiger partial charge in [0.2, 0.25) is 0 Å². The third-order valence-corrected chi connectivity index (χ3v) is 17.1. The van der Waals surface area contributed by atoms with Gasteiger partial charge in [-0.25, -0.2) is 9.98 Å². The monoisotopic (exact) mass is 734 g/mol. The number of ether oxygens (including phenoxy) is 2. The standard InChI is InChI=1S/C42H50N6O6/c43-35-40(10-12-42(52)28-18-24-6-8-26(50)32-30(24)38(42,34(40)54-32)14-16-48(28)20-22-3-4-22)46-36(45-35)39(44)9-11-41(51)27-17-23-5-7-25(49)31-29(23)37(41,33(39)53-31)13-15-47(27)19-21-1-2-21/h5-8,21-22,27-28,33-34,49-52H,1-4,9-20,44H2,(H2,43,45,46)/t27?,28?,33-,34-,37+,38+,39+,40+,41-,42-/m1/s1. The second-order valence-electron chi connectivity index (χ2n) is 19.4. The molecule has 2 saturated heterocycles. The van der Waals surface area contributed by atoms with E-state index in [9.17, 15) is 20.4 Å². The summed E-state index contributed by atoms with van der Waals surface area (Å²) in [5.74, 6) is 3.09. The number of nitrogens with zero attached hydrogens (tertiary/aromatic N) is 4. The highest BCUT2D eigenvalue weighted by molar-refractivity contribution is 6.11. The zero-order valence-corrected chi connectivity index (χ0v) is 30.6. The molecule has 5 aliphatic heterocycles. The smallest absolute Gasteiger partial charge is 0.165 e. The Morgan fingerprint density at radius 1 is 0.704 bits per heavy atom. The molecular weight excluding hydrogens is 684 g/mol. The van der Waals surface area contributed by atoms with Gasteiger partial charge in [-0.2, -0.15) is 0 Å². The van der Waals surface area contributed by atoms with Gasteiger partial charge in [0.15, 0.2) is 34.4 Å². The van der Waals surface area contributed by atoms with E-state index in [0.717, 1.165) is 48.4 Å². The van der Waals surface area contributed by atoms with Gasteiger partial charge in [-0.1, -0.05) is 12.1 Å². The van der Waals surface area contributed by atoms with Crippen molar-refractivity contribution in [3.05, 3.63) is 46.5 Å². The van der Waals surface area contributed by atoms with Crippen LogP contribution >= 0.6 is 0 Å². The minimum absolute atomic E-state index is 0.0622. The Labute approximate surface area is 314 Å². The summed E-state index contributed by atoms with van der Waals surface area (Å²) >= 11 is 0. The zero-order valence-electron chi connectivity index (χ0n) is 30.6. The zero-order chi connectivity index (χ0) is 36.4. The first kappa shape index (κ1) is 31.7. The molecule has 6 fully saturated rings. The van der Waals surface area contributed by atoms with Crippen LogP contribution in [0.1, 0.15) is 86.5 Å². The van der Waals surface area contributed by atoms with E-state index < -0.39 is 45.3 Å². The van der Waals surface area contributed by atoms with Crippen LogP contribution in [0, 0.1) is 11.8 Å². The molecule has 3 spiro atoms. The van der Waals surface area contributed by atoms with Gasteiger partial charge in [0.1, 0.15) is 23.6 Å². The van der Waals surface area contributed by atoms with Crippen molar-refractivity contribution in [3.63, 3.8) is 0 Å². The molecule has 54 heavy (non-hydrogen) atoms. The average molecular weight is 735 g/mol. The molecule has 13 rings (SSSR count). The van der Waals surface area contributed by atoms with E-state index in [4.69, 9.17) is 30.9 Å². The molecule has 4 saturated carbocycles. The summed E-state index contributed by atoms with van der Waals surface area (Å²) in [5.41, 5.74) is 12.7. The van der Waals surface area contributed by atoms with Gasteiger partial charge < -0.3 is 41.4 Å². The van der Waals surface area contributed by atoms with Gasteiger partial charge in [0, 0.05) is 36.3 Å². The second kappa shape index (κ2) is 9.57. The molecule has 0 aromatic heterocycles. The number of aliphatic hydroxyl groups is 2. The van der Waals surface area contributed by atoms with Crippen molar-refractivity contribution in [1.29, 1.82) is 0 Å². The lowest BCUT2D eigenvalue weighted by molar-refractivity contribution is -0.196. The lowest BCUT2D eigenvalue weighted by Gasteiger charge is -2.66. The van der Waals surface area contributed by atoms with E-state index >= 15 is 0 Å². The van der Waals surface area contributed by atoms with Crippen LogP contribution in [0.15, 0.2) is 34.3 Å². The Kier molecular flexibility index (Phi) is 5.63. The van der Waals surface area contributed by atoms with Crippen LogP contribution in [-0.2, 0) is 23.7 Å². The topological polar surface area (TPSA) is 183 Å². The lowest BCUT2D eigenvalue weighted by atomic mass is 9.45. The maximum atomic E-state index is 13.2. The molecule has 2 aromatic carbocycles. The Bertz CT molecular complexity index is 2150. The van der Waals surface area contributed by atoms with Crippen LogP contribution in [-0.4, -0.2) is 115 Å². The number of fused-ring (bicyclic) bond motifs is 1. The van der Waals surface area contributed by atoms with Crippen molar-refractivity contribution >= 4 is 11.7 Å². The van der Waals surface area contributed by atoms with Crippen molar-refractivity contribution in [3.8, 4) is 23.0 Å². The van der Waals surface area contributed by atoms with E-state index in [1.54, 1.807) is 12.1 Å². The van der Waals surface area contributed by atoms with Crippen LogP contribution in [0.5, 0.6) is 23.0 Å². The summed E-state index contributed by atoms with van der Waals surface area (Å²) < 4.78 is 13.9. The van der Waals surface area contributed by atoms with E-state index in [1.165, 1.54) is 25.7 Å². The quantitative estimate of drug-likeness (QED) is 0.266. The van der Waals surface area contributed by atoms with Gasteiger partial charge >= 0.3 is 0 Å². The first-order valence-corrected chi connectivity index (χ1v) is 20.7. The third kappa shape index (κ3) is 3.34. The van der Waals surface area contributed by atoms with Crippen LogP contribution in [0.4, 0.5) is 0 Å². The van der Waals surface area contributed by atoms with Crippen molar-refractivity contribution in [2.24, 2.45) is 33.3 Å². The van der Waals surface area contributed by atoms with Gasteiger partial charge in [-0.05, 0) is 125 Å². The maximum absolute atomic E-state index is 13.2. The predicted octanol–water partition coefficient (Wildman–Crippen LogP) is 2.13. The van der Waals surface area contributed by atoms with Crippen LogP contribution in [0.25, 0.3) is 0 Å². The summed E-state index contributed by atoms with van der Waals surface area (Å²) in [7, 11) is 0. The minimum atomic E-state index is -1.24. The molecule has 2 unspecified atom stereocenters. The van der Waals surface area contributed by atoms with Gasteiger partial charge in [0.25, 0.3) is 0 Å². The molecule has 12 heteroatoms. The number of aromatic hydroxyl groups is 2. The molecule has 4 bridgehead atoms. The number of benzene rings is 2.